The average Bonchev–Trinajstić information content (AvgIpc) is 2.41. The van der Waals surface area contributed by atoms with Crippen molar-refractivity contribution in [2.45, 2.75) is 18.1 Å². The summed E-state index contributed by atoms with van der Waals surface area (Å²) in [7, 11) is 0. The third-order valence-electron chi connectivity index (χ3n) is 2.74. The Balaban J connectivity index is 2.43. The Morgan fingerprint density at radius 1 is 1.46 bits per heavy atom. The predicted octanol–water partition coefficient (Wildman–Crippen LogP) is -0.0341. The topological polar surface area (TPSA) is 66.5 Å². The monoisotopic (exact) mass is 179 g/mol. The highest BCUT2D eigenvalue weighted by atomic mass is 16.3. The van der Waals surface area contributed by atoms with Crippen molar-refractivity contribution in [1.29, 1.82) is 0 Å². The SMILES string of the molecule is NC1c2ccccc2CC1(O)CO. The molecule has 0 fully saturated rings. The maximum atomic E-state index is 9.91. The first-order chi connectivity index (χ1) is 6.17. The molecular weight excluding hydrogens is 166 g/mol. The van der Waals surface area contributed by atoms with Crippen LogP contribution < -0.4 is 5.73 Å². The summed E-state index contributed by atoms with van der Waals surface area (Å²) in [4.78, 5) is 0. The molecule has 13 heavy (non-hydrogen) atoms. The lowest BCUT2D eigenvalue weighted by molar-refractivity contribution is -0.0258. The summed E-state index contributed by atoms with van der Waals surface area (Å²) in [6, 6.07) is 7.17. The van der Waals surface area contributed by atoms with Gasteiger partial charge >= 0.3 is 0 Å². The lowest BCUT2D eigenvalue weighted by Crippen LogP contribution is -2.41. The van der Waals surface area contributed by atoms with Crippen LogP contribution in [0.1, 0.15) is 17.2 Å². The minimum Gasteiger partial charge on any atom is -0.393 e. The molecule has 3 nitrogen and oxygen atoms in total. The highest BCUT2D eigenvalue weighted by Crippen LogP contribution is 2.36. The normalized spacial score (nSPS) is 31.8. The molecule has 0 saturated heterocycles. The summed E-state index contributed by atoms with van der Waals surface area (Å²) in [5, 5.41) is 19.0. The molecule has 2 rings (SSSR count). The van der Waals surface area contributed by atoms with Gasteiger partial charge in [0, 0.05) is 6.42 Å². The van der Waals surface area contributed by atoms with Crippen molar-refractivity contribution in [2.24, 2.45) is 5.73 Å². The van der Waals surface area contributed by atoms with Crippen LogP contribution in [0.4, 0.5) is 0 Å². The average molecular weight is 179 g/mol. The van der Waals surface area contributed by atoms with E-state index in [4.69, 9.17) is 10.8 Å². The molecule has 0 bridgehead atoms. The predicted molar refractivity (Wildman–Crippen MR) is 49.1 cm³/mol. The maximum Gasteiger partial charge on any atom is 0.111 e. The summed E-state index contributed by atoms with van der Waals surface area (Å²) >= 11 is 0. The smallest absolute Gasteiger partial charge is 0.111 e. The first-order valence-corrected chi connectivity index (χ1v) is 4.34. The third kappa shape index (κ3) is 1.16. The van der Waals surface area contributed by atoms with Gasteiger partial charge in [-0.3, -0.25) is 0 Å². The van der Waals surface area contributed by atoms with Crippen LogP contribution in [-0.4, -0.2) is 22.4 Å². The largest absolute Gasteiger partial charge is 0.393 e. The lowest BCUT2D eigenvalue weighted by Gasteiger charge is -2.24. The number of nitrogens with two attached hydrogens (primary N) is 1. The highest BCUT2D eigenvalue weighted by Gasteiger charge is 2.41. The Morgan fingerprint density at radius 3 is 2.77 bits per heavy atom. The van der Waals surface area contributed by atoms with Crippen LogP contribution in [0.2, 0.25) is 0 Å². The van der Waals surface area contributed by atoms with Gasteiger partial charge in [0.1, 0.15) is 5.60 Å². The Labute approximate surface area is 76.8 Å². The minimum atomic E-state index is -1.16. The first kappa shape index (κ1) is 8.69. The van der Waals surface area contributed by atoms with Crippen LogP contribution >= 0.6 is 0 Å². The van der Waals surface area contributed by atoms with Gasteiger partial charge in [-0.15, -0.1) is 0 Å². The van der Waals surface area contributed by atoms with Gasteiger partial charge in [-0.2, -0.15) is 0 Å². The fourth-order valence-corrected chi connectivity index (χ4v) is 1.88. The van der Waals surface area contributed by atoms with Crippen LogP contribution in [0, 0.1) is 0 Å². The van der Waals surface area contributed by atoms with Crippen molar-refractivity contribution in [1.82, 2.24) is 0 Å². The number of benzene rings is 1. The Hall–Kier alpha value is -0.900. The molecule has 1 aliphatic rings. The second-order valence-corrected chi connectivity index (χ2v) is 3.61. The van der Waals surface area contributed by atoms with Gasteiger partial charge in [-0.25, -0.2) is 0 Å². The zero-order valence-electron chi connectivity index (χ0n) is 7.27. The van der Waals surface area contributed by atoms with Gasteiger partial charge in [-0.05, 0) is 11.1 Å². The molecule has 1 aromatic rings. The fourth-order valence-electron chi connectivity index (χ4n) is 1.88. The molecule has 1 aliphatic carbocycles. The van der Waals surface area contributed by atoms with E-state index in [1.807, 2.05) is 24.3 Å². The molecule has 0 spiro atoms. The molecule has 2 unspecified atom stereocenters. The lowest BCUT2D eigenvalue weighted by atomic mass is 9.97. The molecule has 0 aliphatic heterocycles. The number of aliphatic hydroxyl groups is 2. The molecule has 0 heterocycles. The van der Waals surface area contributed by atoms with Gasteiger partial charge < -0.3 is 15.9 Å². The Morgan fingerprint density at radius 2 is 2.15 bits per heavy atom. The van der Waals surface area contributed by atoms with E-state index >= 15 is 0 Å². The van der Waals surface area contributed by atoms with E-state index in [2.05, 4.69) is 0 Å². The van der Waals surface area contributed by atoms with E-state index < -0.39 is 11.6 Å². The summed E-state index contributed by atoms with van der Waals surface area (Å²) in [5.74, 6) is 0. The van der Waals surface area contributed by atoms with Crippen LogP contribution in [0.3, 0.4) is 0 Å². The van der Waals surface area contributed by atoms with Crippen LogP contribution in [0.15, 0.2) is 24.3 Å². The van der Waals surface area contributed by atoms with E-state index in [1.165, 1.54) is 0 Å². The minimum absolute atomic E-state index is 0.289. The van der Waals surface area contributed by atoms with Gasteiger partial charge in [0.2, 0.25) is 0 Å². The summed E-state index contributed by atoms with van der Waals surface area (Å²) in [6.45, 7) is -0.289. The van der Waals surface area contributed by atoms with E-state index in [1.54, 1.807) is 0 Å². The van der Waals surface area contributed by atoms with Gasteiger partial charge in [0.15, 0.2) is 0 Å². The molecule has 0 amide bonds. The number of hydrogen-bond donors (Lipinski definition) is 3. The van der Waals surface area contributed by atoms with Crippen molar-refractivity contribution in [2.75, 3.05) is 6.61 Å². The Kier molecular flexibility index (Phi) is 1.87. The summed E-state index contributed by atoms with van der Waals surface area (Å²) < 4.78 is 0. The van der Waals surface area contributed by atoms with E-state index in [0.717, 1.165) is 11.1 Å². The fraction of sp³-hybridized carbons (Fsp3) is 0.400. The van der Waals surface area contributed by atoms with Gasteiger partial charge in [0.25, 0.3) is 0 Å². The van der Waals surface area contributed by atoms with Gasteiger partial charge in [-0.1, -0.05) is 24.3 Å². The molecule has 0 radical (unpaired) electrons. The molecule has 2 atom stereocenters. The molecule has 1 aromatic carbocycles. The van der Waals surface area contributed by atoms with Crippen molar-refractivity contribution in [3.05, 3.63) is 35.4 Å². The molecule has 70 valence electrons. The highest BCUT2D eigenvalue weighted by molar-refractivity contribution is 5.38. The quantitative estimate of drug-likeness (QED) is 0.567. The van der Waals surface area contributed by atoms with Crippen molar-refractivity contribution < 1.29 is 10.2 Å². The van der Waals surface area contributed by atoms with Crippen molar-refractivity contribution in [3.63, 3.8) is 0 Å². The van der Waals surface area contributed by atoms with Crippen molar-refractivity contribution >= 4 is 0 Å². The molecule has 0 aromatic heterocycles. The second-order valence-electron chi connectivity index (χ2n) is 3.61. The molecule has 3 heteroatoms. The van der Waals surface area contributed by atoms with Crippen LogP contribution in [-0.2, 0) is 6.42 Å². The van der Waals surface area contributed by atoms with E-state index in [9.17, 15) is 5.11 Å². The zero-order chi connectivity index (χ0) is 9.47. The van der Waals surface area contributed by atoms with Crippen LogP contribution in [0.25, 0.3) is 0 Å². The zero-order valence-corrected chi connectivity index (χ0v) is 7.27. The maximum absolute atomic E-state index is 9.91. The molecule has 0 saturated carbocycles. The second kappa shape index (κ2) is 2.80. The molecule has 4 N–H and O–H groups in total. The standard InChI is InChI=1S/C10H13NO2/c11-9-8-4-2-1-3-7(8)5-10(9,13)6-12/h1-4,9,12-13H,5-6,11H2. The summed E-state index contributed by atoms with van der Waals surface area (Å²) in [6.07, 6.45) is 0.445. The number of hydrogen-bond acceptors (Lipinski definition) is 3. The van der Waals surface area contributed by atoms with Crippen LogP contribution in [0.5, 0.6) is 0 Å². The van der Waals surface area contributed by atoms with E-state index in [0.29, 0.717) is 6.42 Å². The Bertz CT molecular complexity index is 326. The third-order valence-corrected chi connectivity index (χ3v) is 2.74. The summed E-state index contributed by atoms with van der Waals surface area (Å²) in [5.41, 5.74) is 6.64. The van der Waals surface area contributed by atoms with Gasteiger partial charge in [0.05, 0.1) is 12.6 Å². The molecular formula is C10H13NO2. The van der Waals surface area contributed by atoms with E-state index in [-0.39, 0.29) is 6.61 Å². The number of rotatable bonds is 1. The number of fused-ring (bicyclic) bond motifs is 1. The van der Waals surface area contributed by atoms with Crippen molar-refractivity contribution in [3.8, 4) is 0 Å². The number of aliphatic hydroxyl groups excluding tert-OH is 1. The first-order valence-electron chi connectivity index (χ1n) is 4.34.